The Kier molecular flexibility index (Phi) is 8.70. The Bertz CT molecular complexity index is 1870. The predicted octanol–water partition coefficient (Wildman–Crippen LogP) is 4.00. The molecular weight excluding hydrogens is 590 g/mol. The van der Waals surface area contributed by atoms with E-state index in [9.17, 15) is 36.9 Å². The first kappa shape index (κ1) is 29.9. The van der Waals surface area contributed by atoms with Crippen LogP contribution in [0.4, 0.5) is 17.1 Å². The largest absolute Gasteiger partial charge is 0.478 e. The van der Waals surface area contributed by atoms with Gasteiger partial charge in [0.05, 0.1) is 45.3 Å². The number of hydrogen-bond donors (Lipinski definition) is 4. The van der Waals surface area contributed by atoms with E-state index in [1.165, 1.54) is 54.8 Å². The fourth-order valence-corrected chi connectivity index (χ4v) is 5.89. The molecule has 0 fully saturated rings. The SMILES string of the molecule is CC(=NNc1ccc([N+](=O)[O-])cc1S(=O)(=O)Nc1ccccc1C(=O)O)c1ccc(S(=O)(=O)NCc2ccco2)cc1. The Balaban J connectivity index is 1.58. The van der Waals surface area contributed by atoms with Crippen LogP contribution < -0.4 is 14.9 Å². The maximum absolute atomic E-state index is 13.3. The lowest BCUT2D eigenvalue weighted by Gasteiger charge is -2.14. The number of aromatic carboxylic acids is 1. The number of hydrogen-bond acceptors (Lipinski definition) is 10. The topological polar surface area (TPSA) is 210 Å². The number of nitrogens with one attached hydrogen (secondary N) is 3. The standard InChI is InChI=1S/C26H23N5O9S2/c1-17(18-8-11-21(12-9-18)41(36,37)27-16-20-5-4-14-40-20)28-29-24-13-10-19(31(34)35)15-25(24)42(38,39)30-23-7-3-2-6-22(23)26(32)33/h2-15,27,29-30H,16H2,1H3,(H,32,33). The number of carboxylic acids is 1. The Morgan fingerprint density at radius 1 is 0.952 bits per heavy atom. The van der Waals surface area contributed by atoms with Gasteiger partial charge in [0.2, 0.25) is 10.0 Å². The second-order valence-corrected chi connectivity index (χ2v) is 12.0. The van der Waals surface area contributed by atoms with E-state index in [1.54, 1.807) is 19.1 Å². The molecule has 0 spiro atoms. The number of nitro groups is 1. The summed E-state index contributed by atoms with van der Waals surface area (Å²) in [5.41, 5.74) is 2.17. The van der Waals surface area contributed by atoms with Gasteiger partial charge in [-0.2, -0.15) is 5.10 Å². The molecule has 4 aromatic rings. The Hall–Kier alpha value is -5.06. The second-order valence-electron chi connectivity index (χ2n) is 8.63. The lowest BCUT2D eigenvalue weighted by atomic mass is 10.1. The van der Waals surface area contributed by atoms with Crippen molar-refractivity contribution in [1.29, 1.82) is 0 Å². The zero-order chi connectivity index (χ0) is 30.5. The number of carboxylic acid groups (broad SMARTS) is 1. The van der Waals surface area contributed by atoms with Gasteiger partial charge in [-0.25, -0.2) is 26.4 Å². The highest BCUT2D eigenvalue weighted by atomic mass is 32.2. The number of para-hydroxylation sites is 1. The van der Waals surface area contributed by atoms with Crippen molar-refractivity contribution in [3.8, 4) is 0 Å². The van der Waals surface area contributed by atoms with Crippen LogP contribution in [0.3, 0.4) is 0 Å². The quantitative estimate of drug-likeness (QED) is 0.102. The van der Waals surface area contributed by atoms with Crippen LogP contribution in [0.1, 0.15) is 28.6 Å². The molecule has 0 saturated carbocycles. The molecule has 0 unspecified atom stereocenters. The van der Waals surface area contributed by atoms with E-state index in [1.807, 2.05) is 0 Å². The minimum atomic E-state index is -4.54. The van der Waals surface area contributed by atoms with E-state index < -0.39 is 41.5 Å². The maximum Gasteiger partial charge on any atom is 0.337 e. The minimum absolute atomic E-state index is 0.00460. The Morgan fingerprint density at radius 3 is 2.31 bits per heavy atom. The van der Waals surface area contributed by atoms with Crippen LogP contribution in [0, 0.1) is 10.1 Å². The number of rotatable bonds is 12. The molecule has 1 aromatic heterocycles. The molecule has 0 saturated heterocycles. The van der Waals surface area contributed by atoms with E-state index in [0.29, 0.717) is 17.0 Å². The fourth-order valence-electron chi connectivity index (χ4n) is 3.64. The van der Waals surface area contributed by atoms with Crippen LogP contribution in [-0.2, 0) is 26.6 Å². The summed E-state index contributed by atoms with van der Waals surface area (Å²) in [6.07, 6.45) is 1.43. The van der Waals surface area contributed by atoms with Gasteiger partial charge < -0.3 is 9.52 Å². The molecule has 3 aromatic carbocycles. The number of non-ortho nitro benzene ring substituents is 1. The van der Waals surface area contributed by atoms with Gasteiger partial charge in [-0.05, 0) is 55.0 Å². The van der Waals surface area contributed by atoms with E-state index in [4.69, 9.17) is 4.42 Å². The zero-order valence-electron chi connectivity index (χ0n) is 21.7. The van der Waals surface area contributed by atoms with Gasteiger partial charge in [-0.3, -0.25) is 20.3 Å². The number of carbonyl (C=O) groups is 1. The molecule has 218 valence electrons. The zero-order valence-corrected chi connectivity index (χ0v) is 23.3. The van der Waals surface area contributed by atoms with Crippen LogP contribution in [0.25, 0.3) is 0 Å². The third-order valence-corrected chi connectivity index (χ3v) is 8.63. The first-order valence-corrected chi connectivity index (χ1v) is 14.9. The summed E-state index contributed by atoms with van der Waals surface area (Å²) in [7, 11) is -8.37. The lowest BCUT2D eigenvalue weighted by Crippen LogP contribution is -2.23. The van der Waals surface area contributed by atoms with Crippen LogP contribution in [0.5, 0.6) is 0 Å². The van der Waals surface area contributed by atoms with Gasteiger partial charge in [0.15, 0.2) is 0 Å². The van der Waals surface area contributed by atoms with Crippen molar-refractivity contribution in [3.05, 3.63) is 112 Å². The third kappa shape index (κ3) is 6.98. The van der Waals surface area contributed by atoms with Crippen LogP contribution in [0.15, 0.2) is 104 Å². The van der Waals surface area contributed by atoms with E-state index >= 15 is 0 Å². The molecular formula is C26H23N5O9S2. The smallest absolute Gasteiger partial charge is 0.337 e. The van der Waals surface area contributed by atoms with Crippen molar-refractivity contribution in [2.45, 2.75) is 23.3 Å². The molecule has 1 heterocycles. The number of nitro benzene ring substituents is 1. The molecule has 0 amide bonds. The molecule has 0 radical (unpaired) electrons. The summed E-state index contributed by atoms with van der Waals surface area (Å²) in [6.45, 7) is 1.55. The number of furan rings is 1. The van der Waals surface area contributed by atoms with Gasteiger partial charge >= 0.3 is 5.97 Å². The summed E-state index contributed by atoms with van der Waals surface area (Å²) in [4.78, 5) is 21.5. The number of sulfonamides is 2. The van der Waals surface area contributed by atoms with Gasteiger partial charge in [0.25, 0.3) is 15.7 Å². The fraction of sp³-hybridized carbons (Fsp3) is 0.0769. The predicted molar refractivity (Wildman–Crippen MR) is 152 cm³/mol. The van der Waals surface area contributed by atoms with E-state index in [-0.39, 0.29) is 28.4 Å². The van der Waals surface area contributed by atoms with Crippen molar-refractivity contribution < 1.29 is 36.1 Å². The molecule has 0 aliphatic carbocycles. The summed E-state index contributed by atoms with van der Waals surface area (Å²) < 4.78 is 61.4. The van der Waals surface area contributed by atoms with Gasteiger partial charge in [-0.1, -0.05) is 24.3 Å². The first-order chi connectivity index (χ1) is 19.9. The number of benzene rings is 3. The van der Waals surface area contributed by atoms with Gasteiger partial charge in [0.1, 0.15) is 10.7 Å². The van der Waals surface area contributed by atoms with E-state index in [0.717, 1.165) is 18.2 Å². The molecule has 0 aliphatic heterocycles. The summed E-state index contributed by atoms with van der Waals surface area (Å²) in [6, 6.07) is 17.3. The molecule has 0 bridgehead atoms. The normalized spacial score (nSPS) is 12.1. The Labute approximate surface area is 240 Å². The van der Waals surface area contributed by atoms with Crippen LogP contribution >= 0.6 is 0 Å². The summed E-state index contributed by atoms with van der Waals surface area (Å²) in [5.74, 6) is -0.934. The molecule has 4 rings (SSSR count). The highest BCUT2D eigenvalue weighted by Gasteiger charge is 2.24. The third-order valence-electron chi connectivity index (χ3n) is 5.81. The molecule has 0 aliphatic rings. The Morgan fingerprint density at radius 2 is 1.67 bits per heavy atom. The summed E-state index contributed by atoms with van der Waals surface area (Å²) in [5, 5.41) is 24.9. The average Bonchev–Trinajstić information content (AvgIpc) is 3.49. The van der Waals surface area contributed by atoms with Crippen molar-refractivity contribution >= 4 is 48.8 Å². The number of anilines is 2. The first-order valence-electron chi connectivity index (χ1n) is 11.9. The van der Waals surface area contributed by atoms with Crippen molar-refractivity contribution in [1.82, 2.24) is 4.72 Å². The average molecular weight is 614 g/mol. The second kappa shape index (κ2) is 12.2. The minimum Gasteiger partial charge on any atom is -0.478 e. The molecule has 0 atom stereocenters. The molecule has 16 heteroatoms. The van der Waals surface area contributed by atoms with Gasteiger partial charge in [-0.15, -0.1) is 0 Å². The van der Waals surface area contributed by atoms with Crippen molar-refractivity contribution in [2.75, 3.05) is 10.1 Å². The number of hydrazone groups is 1. The highest BCUT2D eigenvalue weighted by molar-refractivity contribution is 7.93. The summed E-state index contributed by atoms with van der Waals surface area (Å²) >= 11 is 0. The monoisotopic (exact) mass is 613 g/mol. The van der Waals surface area contributed by atoms with Crippen LogP contribution in [-0.4, -0.2) is 38.5 Å². The molecule has 4 N–H and O–H groups in total. The molecule has 14 nitrogen and oxygen atoms in total. The van der Waals surface area contributed by atoms with Crippen molar-refractivity contribution in [3.63, 3.8) is 0 Å². The number of nitrogens with zero attached hydrogens (tertiary/aromatic N) is 2. The lowest BCUT2D eigenvalue weighted by molar-refractivity contribution is -0.385. The molecule has 42 heavy (non-hydrogen) atoms. The van der Waals surface area contributed by atoms with Crippen LogP contribution in [0.2, 0.25) is 0 Å². The maximum atomic E-state index is 13.3. The van der Waals surface area contributed by atoms with Gasteiger partial charge in [0, 0.05) is 12.1 Å². The van der Waals surface area contributed by atoms with E-state index in [2.05, 4.69) is 20.0 Å². The van der Waals surface area contributed by atoms with Crippen molar-refractivity contribution in [2.24, 2.45) is 5.10 Å². The highest BCUT2D eigenvalue weighted by Crippen LogP contribution is 2.29.